The highest BCUT2D eigenvalue weighted by Gasteiger charge is 2.42. The zero-order chi connectivity index (χ0) is 25.3. The van der Waals surface area contributed by atoms with E-state index in [2.05, 4.69) is 38.7 Å². The van der Waals surface area contributed by atoms with Gasteiger partial charge in [-0.2, -0.15) is 5.26 Å². The smallest absolute Gasteiger partial charge is 0.346 e. The van der Waals surface area contributed by atoms with Crippen molar-refractivity contribution >= 4 is 40.0 Å². The Balaban J connectivity index is 1.81. The Morgan fingerprint density at radius 2 is 1.86 bits per heavy atom. The number of benzene rings is 1. The fraction of sp³-hybridized carbons (Fsp3) is 0.393. The maximum atomic E-state index is 13.4. The first-order valence-corrected chi connectivity index (χ1v) is 12.6. The number of hydrogen-bond donors (Lipinski definition) is 1. The number of carbonyl (C=O) groups is 1. The Bertz CT molecular complexity index is 1530. The minimum atomic E-state index is -1.30. The summed E-state index contributed by atoms with van der Waals surface area (Å²) in [6, 6.07) is 7.57. The van der Waals surface area contributed by atoms with Gasteiger partial charge in [0.1, 0.15) is 17.2 Å². The molecular weight excluding hydrogens is 460 g/mol. The van der Waals surface area contributed by atoms with Crippen molar-refractivity contribution in [3.05, 3.63) is 55.8 Å². The monoisotopic (exact) mass is 488 g/mol. The van der Waals surface area contributed by atoms with Crippen molar-refractivity contribution in [2.45, 2.75) is 58.3 Å². The second-order valence-electron chi connectivity index (χ2n) is 10.9. The van der Waals surface area contributed by atoms with Crippen LogP contribution in [-0.2, 0) is 15.6 Å². The molecule has 0 amide bonds. The van der Waals surface area contributed by atoms with Crippen LogP contribution in [0.25, 0.3) is 27.5 Å². The SMILES string of the molecule is Cc1cc(/C=C(/C#N)C(=O)O)c(-c2cc3cc4c5c(c3oc2=O)C(C)(C)CCN5CCC4(C)C)s1. The quantitative estimate of drug-likeness (QED) is 0.276. The van der Waals surface area contributed by atoms with E-state index in [9.17, 15) is 20.0 Å². The van der Waals surface area contributed by atoms with Crippen LogP contribution in [0.2, 0.25) is 0 Å². The molecule has 2 aromatic heterocycles. The van der Waals surface area contributed by atoms with Crippen LogP contribution < -0.4 is 10.5 Å². The van der Waals surface area contributed by atoms with E-state index in [1.807, 2.05) is 13.0 Å². The topological polar surface area (TPSA) is 94.5 Å². The third-order valence-corrected chi connectivity index (χ3v) is 8.61. The largest absolute Gasteiger partial charge is 0.477 e. The lowest BCUT2D eigenvalue weighted by Gasteiger charge is -2.48. The molecule has 2 aliphatic heterocycles. The van der Waals surface area contributed by atoms with Crippen LogP contribution in [0.1, 0.15) is 62.1 Å². The van der Waals surface area contributed by atoms with Gasteiger partial charge in [-0.05, 0) is 66.0 Å². The molecule has 0 radical (unpaired) electrons. The van der Waals surface area contributed by atoms with Crippen LogP contribution in [0.15, 0.2) is 33.0 Å². The van der Waals surface area contributed by atoms with Gasteiger partial charge in [0.15, 0.2) is 0 Å². The third kappa shape index (κ3) is 3.68. The average Bonchev–Trinajstić information content (AvgIpc) is 3.14. The van der Waals surface area contributed by atoms with Gasteiger partial charge in [-0.3, -0.25) is 0 Å². The molecule has 35 heavy (non-hydrogen) atoms. The zero-order valence-corrected chi connectivity index (χ0v) is 21.4. The summed E-state index contributed by atoms with van der Waals surface area (Å²) >= 11 is 1.39. The molecule has 180 valence electrons. The molecule has 1 N–H and O–H groups in total. The number of thiophene rings is 1. The standard InChI is InChI=1S/C28H28N2O4S/c1-15-10-17(11-18(14-29)25(31)32)24(35-15)19-12-16-13-20-22-21(23(16)34-26(19)33)28(4,5)7-9-30(22)8-6-27(20,2)3/h10-13H,6-9H2,1-5H3,(H,31,32)/b18-11-. The summed E-state index contributed by atoms with van der Waals surface area (Å²) in [5.41, 5.74) is 4.18. The lowest BCUT2D eigenvalue weighted by Crippen LogP contribution is -2.44. The highest BCUT2D eigenvalue weighted by Crippen LogP contribution is 2.52. The molecule has 0 saturated carbocycles. The van der Waals surface area contributed by atoms with Gasteiger partial charge in [0.05, 0.1) is 5.56 Å². The summed E-state index contributed by atoms with van der Waals surface area (Å²) in [5, 5.41) is 19.4. The molecule has 0 spiro atoms. The second-order valence-corrected chi connectivity index (χ2v) is 12.1. The summed E-state index contributed by atoms with van der Waals surface area (Å²) in [4.78, 5) is 28.8. The molecule has 0 aliphatic carbocycles. The number of aryl methyl sites for hydroxylation is 1. The number of hydrogen-bond acceptors (Lipinski definition) is 6. The van der Waals surface area contributed by atoms with Crippen LogP contribution >= 0.6 is 11.3 Å². The van der Waals surface area contributed by atoms with Gasteiger partial charge in [-0.15, -0.1) is 11.3 Å². The number of nitrogens with zero attached hydrogens (tertiary/aromatic N) is 2. The molecule has 3 aromatic rings. The predicted octanol–water partition coefficient (Wildman–Crippen LogP) is 5.99. The Kier molecular flexibility index (Phi) is 5.22. The number of nitriles is 1. The van der Waals surface area contributed by atoms with Crippen LogP contribution in [0, 0.1) is 18.3 Å². The molecule has 6 nitrogen and oxygen atoms in total. The maximum Gasteiger partial charge on any atom is 0.346 e. The van der Waals surface area contributed by atoms with Crippen LogP contribution in [-0.4, -0.2) is 24.2 Å². The van der Waals surface area contributed by atoms with Crippen LogP contribution in [0.4, 0.5) is 5.69 Å². The van der Waals surface area contributed by atoms with E-state index in [0.29, 0.717) is 21.6 Å². The molecule has 0 fully saturated rings. The molecule has 7 heteroatoms. The lowest BCUT2D eigenvalue weighted by molar-refractivity contribution is -0.132. The van der Waals surface area contributed by atoms with Gasteiger partial charge in [0.25, 0.3) is 0 Å². The first-order chi connectivity index (χ1) is 16.4. The number of carboxylic acids is 1. The van der Waals surface area contributed by atoms with Gasteiger partial charge in [0.2, 0.25) is 0 Å². The highest BCUT2D eigenvalue weighted by atomic mass is 32.1. The minimum Gasteiger partial charge on any atom is -0.477 e. The number of fused-ring (bicyclic) bond motifs is 2. The van der Waals surface area contributed by atoms with Gasteiger partial charge in [-0.25, -0.2) is 9.59 Å². The van der Waals surface area contributed by atoms with Gasteiger partial charge >= 0.3 is 11.6 Å². The molecule has 0 atom stereocenters. The molecule has 4 heterocycles. The summed E-state index contributed by atoms with van der Waals surface area (Å²) < 4.78 is 6.09. The maximum absolute atomic E-state index is 13.4. The number of carboxylic acid groups (broad SMARTS) is 1. The predicted molar refractivity (Wildman–Crippen MR) is 139 cm³/mol. The fourth-order valence-electron chi connectivity index (χ4n) is 5.46. The van der Waals surface area contributed by atoms with Crippen molar-refractivity contribution in [1.82, 2.24) is 0 Å². The van der Waals surface area contributed by atoms with E-state index in [1.165, 1.54) is 28.7 Å². The van der Waals surface area contributed by atoms with E-state index in [4.69, 9.17) is 4.42 Å². The van der Waals surface area contributed by atoms with E-state index in [1.54, 1.807) is 12.1 Å². The molecule has 2 aliphatic rings. The van der Waals surface area contributed by atoms with E-state index < -0.39 is 11.6 Å². The Hall–Kier alpha value is -3.37. The van der Waals surface area contributed by atoms with Crippen molar-refractivity contribution in [3.8, 4) is 16.5 Å². The van der Waals surface area contributed by atoms with Gasteiger partial charge < -0.3 is 14.4 Å². The molecule has 1 aromatic carbocycles. The lowest BCUT2D eigenvalue weighted by atomic mass is 9.69. The Morgan fingerprint density at radius 1 is 1.17 bits per heavy atom. The normalized spacial score (nSPS) is 18.3. The molecule has 0 bridgehead atoms. The first kappa shape index (κ1) is 23.4. The molecule has 5 rings (SSSR count). The average molecular weight is 489 g/mol. The Labute approximate surface area is 208 Å². The minimum absolute atomic E-state index is 0.00487. The van der Waals surface area contributed by atoms with E-state index in [-0.39, 0.29) is 16.4 Å². The van der Waals surface area contributed by atoms with Crippen molar-refractivity contribution in [2.75, 3.05) is 18.0 Å². The summed E-state index contributed by atoms with van der Waals surface area (Å²) in [6.45, 7) is 12.9. The van der Waals surface area contributed by atoms with Crippen molar-refractivity contribution in [1.29, 1.82) is 5.26 Å². The van der Waals surface area contributed by atoms with E-state index in [0.717, 1.165) is 41.8 Å². The van der Waals surface area contributed by atoms with Crippen molar-refractivity contribution in [3.63, 3.8) is 0 Å². The first-order valence-electron chi connectivity index (χ1n) is 11.8. The summed E-state index contributed by atoms with van der Waals surface area (Å²) in [6.07, 6.45) is 3.36. The fourth-order valence-corrected chi connectivity index (χ4v) is 6.45. The third-order valence-electron chi connectivity index (χ3n) is 7.51. The van der Waals surface area contributed by atoms with Crippen molar-refractivity contribution in [2.24, 2.45) is 0 Å². The number of aliphatic carboxylic acids is 1. The van der Waals surface area contributed by atoms with Crippen molar-refractivity contribution < 1.29 is 14.3 Å². The summed E-state index contributed by atoms with van der Waals surface area (Å²) in [7, 11) is 0. The number of rotatable bonds is 3. The second kappa shape index (κ2) is 7.82. The summed E-state index contributed by atoms with van der Waals surface area (Å²) in [5.74, 6) is -1.30. The molecule has 0 saturated heterocycles. The highest BCUT2D eigenvalue weighted by molar-refractivity contribution is 7.15. The zero-order valence-electron chi connectivity index (χ0n) is 20.6. The van der Waals surface area contributed by atoms with Gasteiger partial charge in [0, 0.05) is 39.5 Å². The number of anilines is 1. The van der Waals surface area contributed by atoms with Crippen LogP contribution in [0.3, 0.4) is 0 Å². The molecule has 0 unspecified atom stereocenters. The Morgan fingerprint density at radius 3 is 2.51 bits per heavy atom. The van der Waals surface area contributed by atoms with Gasteiger partial charge in [-0.1, -0.05) is 27.7 Å². The van der Waals surface area contributed by atoms with E-state index >= 15 is 0 Å². The molecular formula is C28H28N2O4S. The van der Waals surface area contributed by atoms with Crippen LogP contribution in [0.5, 0.6) is 0 Å².